The molecule has 5 heteroatoms. The van der Waals surface area contributed by atoms with E-state index in [2.05, 4.69) is 0 Å². The van der Waals surface area contributed by atoms with E-state index < -0.39 is 5.97 Å². The Balaban J connectivity index is 1.90. The molecule has 0 amide bonds. The first kappa shape index (κ1) is 19.5. The first-order chi connectivity index (χ1) is 14.6. The van der Waals surface area contributed by atoms with Gasteiger partial charge in [-0.2, -0.15) is 0 Å². The van der Waals surface area contributed by atoms with Crippen LogP contribution in [0.2, 0.25) is 0 Å². The molecule has 0 bridgehead atoms. The molecule has 4 rings (SSSR count). The molecular weight excluding hydrogens is 380 g/mol. The molecule has 3 aromatic carbocycles. The zero-order valence-corrected chi connectivity index (χ0v) is 16.7. The third-order valence-electron chi connectivity index (χ3n) is 4.88. The van der Waals surface area contributed by atoms with Crippen LogP contribution in [0.1, 0.15) is 22.8 Å². The number of hydrogen-bond donors (Lipinski definition) is 0. The highest BCUT2D eigenvalue weighted by Crippen LogP contribution is 2.32. The van der Waals surface area contributed by atoms with Crippen molar-refractivity contribution in [1.29, 1.82) is 0 Å². The second-order valence-corrected chi connectivity index (χ2v) is 6.76. The Bertz CT molecular complexity index is 1250. The van der Waals surface area contributed by atoms with Crippen molar-refractivity contribution in [2.24, 2.45) is 0 Å². The Morgan fingerprint density at radius 3 is 2.37 bits per heavy atom. The quantitative estimate of drug-likeness (QED) is 0.428. The minimum absolute atomic E-state index is 0.130. The SMILES string of the molecule is CCc1ccc2oc(-c3ccc(OC)cc3)c(OC(=O)c3ccccc3)c(=O)c2c1. The smallest absolute Gasteiger partial charge is 0.343 e. The number of esters is 1. The maximum absolute atomic E-state index is 13.3. The number of carbonyl (C=O) groups excluding carboxylic acids is 1. The normalized spacial score (nSPS) is 10.7. The number of carbonyl (C=O) groups is 1. The van der Waals surface area contributed by atoms with E-state index in [1.165, 1.54) is 0 Å². The molecule has 0 atom stereocenters. The zero-order valence-electron chi connectivity index (χ0n) is 16.7. The summed E-state index contributed by atoms with van der Waals surface area (Å²) in [5.41, 5.74) is 1.99. The third kappa shape index (κ3) is 3.70. The zero-order chi connectivity index (χ0) is 21.1. The predicted octanol–water partition coefficient (Wildman–Crippen LogP) is 5.25. The fraction of sp³-hybridized carbons (Fsp3) is 0.120. The van der Waals surface area contributed by atoms with Gasteiger partial charge < -0.3 is 13.9 Å². The second kappa shape index (κ2) is 8.25. The fourth-order valence-corrected chi connectivity index (χ4v) is 3.20. The van der Waals surface area contributed by atoms with E-state index in [4.69, 9.17) is 13.9 Å². The number of benzene rings is 3. The number of methoxy groups -OCH3 is 1. The molecule has 0 fully saturated rings. The van der Waals surface area contributed by atoms with E-state index in [0.717, 1.165) is 12.0 Å². The summed E-state index contributed by atoms with van der Waals surface area (Å²) < 4.78 is 16.8. The number of aryl methyl sites for hydroxylation is 1. The van der Waals surface area contributed by atoms with Crippen LogP contribution in [0.3, 0.4) is 0 Å². The molecule has 150 valence electrons. The van der Waals surface area contributed by atoms with Crippen molar-refractivity contribution in [3.63, 3.8) is 0 Å². The molecule has 5 nitrogen and oxygen atoms in total. The Kier molecular flexibility index (Phi) is 5.35. The summed E-state index contributed by atoms with van der Waals surface area (Å²) in [4.78, 5) is 26.0. The maximum Gasteiger partial charge on any atom is 0.343 e. The Morgan fingerprint density at radius 2 is 1.70 bits per heavy atom. The average molecular weight is 400 g/mol. The van der Waals surface area contributed by atoms with Gasteiger partial charge in [0.05, 0.1) is 18.1 Å². The standard InChI is InChI=1S/C25H20O5/c1-3-16-9-14-21-20(15-16)22(26)24(30-25(27)18-7-5-4-6-8-18)23(29-21)17-10-12-19(28-2)13-11-17/h4-15H,3H2,1-2H3. The van der Waals surface area contributed by atoms with Crippen molar-refractivity contribution >= 4 is 16.9 Å². The molecule has 0 unspecified atom stereocenters. The highest BCUT2D eigenvalue weighted by atomic mass is 16.5. The van der Waals surface area contributed by atoms with Crippen molar-refractivity contribution in [3.05, 3.63) is 94.1 Å². The van der Waals surface area contributed by atoms with Crippen molar-refractivity contribution in [1.82, 2.24) is 0 Å². The Hall–Kier alpha value is -3.86. The molecule has 0 aliphatic carbocycles. The first-order valence-corrected chi connectivity index (χ1v) is 9.62. The van der Waals surface area contributed by atoms with Crippen LogP contribution < -0.4 is 14.9 Å². The van der Waals surface area contributed by atoms with E-state index >= 15 is 0 Å². The van der Waals surface area contributed by atoms with Gasteiger partial charge in [-0.25, -0.2) is 4.79 Å². The average Bonchev–Trinajstić information content (AvgIpc) is 2.81. The predicted molar refractivity (Wildman–Crippen MR) is 115 cm³/mol. The Labute approximate surface area is 173 Å². The van der Waals surface area contributed by atoms with Crippen molar-refractivity contribution in [2.45, 2.75) is 13.3 Å². The van der Waals surface area contributed by atoms with E-state index in [1.54, 1.807) is 73.8 Å². The van der Waals surface area contributed by atoms with Crippen LogP contribution in [0.25, 0.3) is 22.3 Å². The minimum Gasteiger partial charge on any atom is -0.497 e. The second-order valence-electron chi connectivity index (χ2n) is 6.76. The maximum atomic E-state index is 13.3. The molecule has 0 saturated carbocycles. The summed E-state index contributed by atoms with van der Waals surface area (Å²) in [5.74, 6) is 0.111. The molecule has 0 radical (unpaired) electrons. The lowest BCUT2D eigenvalue weighted by Crippen LogP contribution is -2.16. The van der Waals surface area contributed by atoms with Crippen LogP contribution in [-0.4, -0.2) is 13.1 Å². The first-order valence-electron chi connectivity index (χ1n) is 9.62. The summed E-state index contributed by atoms with van der Waals surface area (Å²) >= 11 is 0. The number of hydrogen-bond acceptors (Lipinski definition) is 5. The van der Waals surface area contributed by atoms with Gasteiger partial charge in [0, 0.05) is 5.56 Å². The van der Waals surface area contributed by atoms with Crippen molar-refractivity contribution in [3.8, 4) is 22.8 Å². The molecule has 0 aliphatic heterocycles. The lowest BCUT2D eigenvalue weighted by Gasteiger charge is -2.11. The van der Waals surface area contributed by atoms with Crippen molar-refractivity contribution < 1.29 is 18.7 Å². The van der Waals surface area contributed by atoms with Crippen molar-refractivity contribution in [2.75, 3.05) is 7.11 Å². The fourth-order valence-electron chi connectivity index (χ4n) is 3.20. The van der Waals surface area contributed by atoms with Gasteiger partial charge in [-0.05, 0) is 60.5 Å². The van der Waals surface area contributed by atoms with Crippen LogP contribution >= 0.6 is 0 Å². The van der Waals surface area contributed by atoms with Gasteiger partial charge in [0.2, 0.25) is 11.2 Å². The van der Waals surface area contributed by atoms with Gasteiger partial charge in [-0.1, -0.05) is 31.2 Å². The molecule has 0 aliphatic rings. The van der Waals surface area contributed by atoms with Gasteiger partial charge in [-0.3, -0.25) is 4.79 Å². The molecule has 1 aromatic heterocycles. The molecule has 0 saturated heterocycles. The molecule has 4 aromatic rings. The van der Waals surface area contributed by atoms with E-state index in [1.807, 2.05) is 13.0 Å². The van der Waals surface area contributed by atoms with Crippen LogP contribution in [0.4, 0.5) is 0 Å². The summed E-state index contributed by atoms with van der Waals surface area (Å²) in [6, 6.07) is 21.0. The van der Waals surface area contributed by atoms with E-state index in [0.29, 0.717) is 27.8 Å². The summed E-state index contributed by atoms with van der Waals surface area (Å²) in [6.07, 6.45) is 0.773. The van der Waals surface area contributed by atoms with Crippen LogP contribution in [0.15, 0.2) is 82.0 Å². The topological polar surface area (TPSA) is 65.7 Å². The molecule has 30 heavy (non-hydrogen) atoms. The van der Waals surface area contributed by atoms with E-state index in [-0.39, 0.29) is 16.9 Å². The summed E-state index contributed by atoms with van der Waals surface area (Å²) in [5, 5.41) is 0.377. The number of ether oxygens (including phenoxy) is 2. The Morgan fingerprint density at radius 1 is 0.967 bits per heavy atom. The molecule has 0 spiro atoms. The third-order valence-corrected chi connectivity index (χ3v) is 4.88. The monoisotopic (exact) mass is 400 g/mol. The van der Waals surface area contributed by atoms with Gasteiger partial charge in [0.25, 0.3) is 0 Å². The highest BCUT2D eigenvalue weighted by molar-refractivity contribution is 5.93. The van der Waals surface area contributed by atoms with Gasteiger partial charge >= 0.3 is 5.97 Å². The highest BCUT2D eigenvalue weighted by Gasteiger charge is 2.21. The number of fused-ring (bicyclic) bond motifs is 1. The lowest BCUT2D eigenvalue weighted by atomic mass is 10.1. The van der Waals surface area contributed by atoms with Crippen LogP contribution in [0.5, 0.6) is 11.5 Å². The van der Waals surface area contributed by atoms with E-state index in [9.17, 15) is 9.59 Å². The van der Waals surface area contributed by atoms with Gasteiger partial charge in [0.15, 0.2) is 5.76 Å². The van der Waals surface area contributed by atoms with Crippen LogP contribution in [-0.2, 0) is 6.42 Å². The molecular formula is C25H20O5. The lowest BCUT2D eigenvalue weighted by molar-refractivity contribution is 0.0731. The summed E-state index contributed by atoms with van der Waals surface area (Å²) in [6.45, 7) is 2.00. The molecule has 0 N–H and O–H groups in total. The molecule has 1 heterocycles. The summed E-state index contributed by atoms with van der Waals surface area (Å²) in [7, 11) is 1.57. The van der Waals surface area contributed by atoms with Gasteiger partial charge in [-0.15, -0.1) is 0 Å². The minimum atomic E-state index is -0.622. The van der Waals surface area contributed by atoms with Crippen LogP contribution in [0, 0.1) is 0 Å². The number of rotatable bonds is 5. The largest absolute Gasteiger partial charge is 0.497 e. The van der Waals surface area contributed by atoms with Gasteiger partial charge in [0.1, 0.15) is 11.3 Å².